The molecule has 1 N–H and O–H groups in total. The van der Waals surface area contributed by atoms with Gasteiger partial charge >= 0.3 is 0 Å². The largest absolute Gasteiger partial charge is 0.340 e. The van der Waals surface area contributed by atoms with Crippen molar-refractivity contribution in [3.63, 3.8) is 0 Å². The van der Waals surface area contributed by atoms with Gasteiger partial charge < -0.3 is 10.2 Å². The fourth-order valence-electron chi connectivity index (χ4n) is 3.12. The molecule has 0 saturated heterocycles. The van der Waals surface area contributed by atoms with Crippen LogP contribution < -0.4 is 10.2 Å². The number of fused-ring (bicyclic) bond motifs is 2. The standard InChI is InChI=1S/C18H20N6O/c1-18(2,3)24-17-13(9-21-24)16(19-10-20-17)22-12-5-6-14-11(7-12)8-15(25)23(14)4/h5-7,9-10H,8H2,1-4H3,(H,19,20,22). The van der Waals surface area contributed by atoms with Gasteiger partial charge in [-0.25, -0.2) is 14.6 Å². The highest BCUT2D eigenvalue weighted by atomic mass is 16.2. The third kappa shape index (κ3) is 2.52. The van der Waals surface area contributed by atoms with E-state index in [1.165, 1.54) is 0 Å². The van der Waals surface area contributed by atoms with Gasteiger partial charge in [-0.05, 0) is 44.5 Å². The lowest BCUT2D eigenvalue weighted by Crippen LogP contribution is -2.23. The third-order valence-corrected chi connectivity index (χ3v) is 4.42. The molecule has 4 rings (SSSR count). The van der Waals surface area contributed by atoms with Crippen LogP contribution in [0.3, 0.4) is 0 Å². The summed E-state index contributed by atoms with van der Waals surface area (Å²) in [5.74, 6) is 0.821. The Balaban J connectivity index is 1.72. The van der Waals surface area contributed by atoms with Crippen molar-refractivity contribution < 1.29 is 4.79 Å². The molecule has 1 amide bonds. The molecule has 3 aromatic rings. The molecule has 0 unspecified atom stereocenters. The van der Waals surface area contributed by atoms with E-state index >= 15 is 0 Å². The van der Waals surface area contributed by atoms with Gasteiger partial charge in [-0.1, -0.05) is 0 Å². The van der Waals surface area contributed by atoms with Crippen molar-refractivity contribution in [1.82, 2.24) is 19.7 Å². The van der Waals surface area contributed by atoms with E-state index in [0.717, 1.165) is 28.0 Å². The van der Waals surface area contributed by atoms with Crippen LogP contribution in [0.15, 0.2) is 30.7 Å². The first kappa shape index (κ1) is 15.6. The van der Waals surface area contributed by atoms with Gasteiger partial charge in [-0.15, -0.1) is 0 Å². The quantitative estimate of drug-likeness (QED) is 0.779. The molecule has 1 aliphatic rings. The zero-order chi connectivity index (χ0) is 17.8. The molecule has 0 saturated carbocycles. The molecule has 0 spiro atoms. The van der Waals surface area contributed by atoms with Crippen molar-refractivity contribution in [2.24, 2.45) is 0 Å². The maximum atomic E-state index is 11.8. The lowest BCUT2D eigenvalue weighted by atomic mass is 10.1. The molecule has 1 aliphatic heterocycles. The summed E-state index contributed by atoms with van der Waals surface area (Å²) in [5, 5.41) is 8.67. The Labute approximate surface area is 145 Å². The molecule has 0 atom stereocenters. The molecule has 3 heterocycles. The summed E-state index contributed by atoms with van der Waals surface area (Å²) >= 11 is 0. The smallest absolute Gasteiger partial charge is 0.231 e. The number of amides is 1. The van der Waals surface area contributed by atoms with Gasteiger partial charge in [-0.3, -0.25) is 4.79 Å². The van der Waals surface area contributed by atoms with E-state index in [0.29, 0.717) is 12.2 Å². The van der Waals surface area contributed by atoms with Crippen LogP contribution in [0.25, 0.3) is 11.0 Å². The Bertz CT molecular complexity index is 985. The topological polar surface area (TPSA) is 75.9 Å². The molecular weight excluding hydrogens is 316 g/mol. The Hall–Kier alpha value is -2.96. The Morgan fingerprint density at radius 3 is 2.76 bits per heavy atom. The summed E-state index contributed by atoms with van der Waals surface area (Å²) in [6.07, 6.45) is 3.76. The van der Waals surface area contributed by atoms with Gasteiger partial charge in [-0.2, -0.15) is 5.10 Å². The number of carbonyl (C=O) groups is 1. The lowest BCUT2D eigenvalue weighted by Gasteiger charge is -2.19. The van der Waals surface area contributed by atoms with Gasteiger partial charge in [0.15, 0.2) is 5.65 Å². The fourth-order valence-corrected chi connectivity index (χ4v) is 3.12. The minimum absolute atomic E-state index is 0.114. The zero-order valence-corrected chi connectivity index (χ0v) is 14.7. The first-order chi connectivity index (χ1) is 11.8. The fraction of sp³-hybridized carbons (Fsp3) is 0.333. The van der Waals surface area contributed by atoms with E-state index in [9.17, 15) is 4.79 Å². The van der Waals surface area contributed by atoms with Crippen molar-refractivity contribution in [3.8, 4) is 0 Å². The van der Waals surface area contributed by atoms with Crippen LogP contribution in [0.2, 0.25) is 0 Å². The van der Waals surface area contributed by atoms with Crippen LogP contribution in [0.5, 0.6) is 0 Å². The lowest BCUT2D eigenvalue weighted by molar-refractivity contribution is -0.117. The molecule has 25 heavy (non-hydrogen) atoms. The molecule has 0 fully saturated rings. The minimum atomic E-state index is -0.161. The van der Waals surface area contributed by atoms with E-state index in [1.54, 1.807) is 24.5 Å². The third-order valence-electron chi connectivity index (χ3n) is 4.42. The number of nitrogens with zero attached hydrogens (tertiary/aromatic N) is 5. The number of carbonyl (C=O) groups excluding carboxylic acids is 1. The van der Waals surface area contributed by atoms with Gasteiger partial charge in [0, 0.05) is 18.4 Å². The molecule has 128 valence electrons. The van der Waals surface area contributed by atoms with Crippen molar-refractivity contribution in [3.05, 3.63) is 36.3 Å². The van der Waals surface area contributed by atoms with Crippen LogP contribution in [0.1, 0.15) is 26.3 Å². The average Bonchev–Trinajstić information content (AvgIpc) is 3.10. The molecule has 7 heteroatoms. The molecule has 1 aromatic carbocycles. The minimum Gasteiger partial charge on any atom is -0.340 e. The Morgan fingerprint density at radius 2 is 2.00 bits per heavy atom. The second kappa shape index (κ2) is 5.27. The summed E-state index contributed by atoms with van der Waals surface area (Å²) < 4.78 is 1.89. The molecule has 7 nitrogen and oxygen atoms in total. The summed E-state index contributed by atoms with van der Waals surface area (Å²) in [6.45, 7) is 6.26. The van der Waals surface area contributed by atoms with Crippen molar-refractivity contribution >= 4 is 34.1 Å². The second-order valence-corrected chi connectivity index (χ2v) is 7.28. The van der Waals surface area contributed by atoms with E-state index in [-0.39, 0.29) is 11.4 Å². The number of anilines is 3. The van der Waals surface area contributed by atoms with Crippen molar-refractivity contribution in [2.45, 2.75) is 32.7 Å². The molecule has 0 aliphatic carbocycles. The number of nitrogens with one attached hydrogen (secondary N) is 1. The number of hydrogen-bond acceptors (Lipinski definition) is 5. The van der Waals surface area contributed by atoms with Crippen LogP contribution in [-0.2, 0) is 16.8 Å². The number of rotatable bonds is 2. The first-order valence-electron chi connectivity index (χ1n) is 8.20. The molecule has 0 radical (unpaired) electrons. The molecule has 0 bridgehead atoms. The SMILES string of the molecule is CN1C(=O)Cc2cc(Nc3ncnc4c3cnn4C(C)(C)C)ccc21. The highest BCUT2D eigenvalue weighted by Crippen LogP contribution is 2.32. The van der Waals surface area contributed by atoms with E-state index in [2.05, 4.69) is 41.2 Å². The maximum Gasteiger partial charge on any atom is 0.231 e. The predicted molar refractivity (Wildman–Crippen MR) is 97.2 cm³/mol. The summed E-state index contributed by atoms with van der Waals surface area (Å²) in [7, 11) is 1.80. The van der Waals surface area contributed by atoms with Crippen LogP contribution in [-0.4, -0.2) is 32.7 Å². The Kier molecular flexibility index (Phi) is 3.28. The van der Waals surface area contributed by atoms with Crippen molar-refractivity contribution in [2.75, 3.05) is 17.3 Å². The average molecular weight is 336 g/mol. The summed E-state index contributed by atoms with van der Waals surface area (Å²) in [4.78, 5) is 22.3. The number of likely N-dealkylation sites (N-methyl/N-ethyl adjacent to an activating group) is 1. The van der Waals surface area contributed by atoms with Gasteiger partial charge in [0.25, 0.3) is 0 Å². The zero-order valence-electron chi connectivity index (χ0n) is 14.7. The predicted octanol–water partition coefficient (Wildman–Crippen LogP) is 2.84. The normalized spacial score (nSPS) is 14.2. The summed E-state index contributed by atoms with van der Waals surface area (Å²) in [6, 6.07) is 5.91. The number of hydrogen-bond donors (Lipinski definition) is 1. The van der Waals surface area contributed by atoms with E-state index < -0.39 is 0 Å². The highest BCUT2D eigenvalue weighted by molar-refractivity contribution is 6.01. The summed E-state index contributed by atoms with van der Waals surface area (Å²) in [5.41, 5.74) is 3.51. The molecular formula is C18H20N6O. The van der Waals surface area contributed by atoms with Gasteiger partial charge in [0.1, 0.15) is 12.1 Å². The van der Waals surface area contributed by atoms with Crippen molar-refractivity contribution in [1.29, 1.82) is 0 Å². The van der Waals surface area contributed by atoms with Crippen LogP contribution in [0, 0.1) is 0 Å². The first-order valence-corrected chi connectivity index (χ1v) is 8.20. The van der Waals surface area contributed by atoms with Gasteiger partial charge in [0.05, 0.1) is 23.5 Å². The van der Waals surface area contributed by atoms with E-state index in [4.69, 9.17) is 0 Å². The number of aromatic nitrogens is 4. The van der Waals surface area contributed by atoms with Crippen LogP contribution >= 0.6 is 0 Å². The number of benzene rings is 1. The van der Waals surface area contributed by atoms with Gasteiger partial charge in [0.2, 0.25) is 5.91 Å². The molecule has 2 aromatic heterocycles. The van der Waals surface area contributed by atoms with E-state index in [1.807, 2.05) is 22.9 Å². The monoisotopic (exact) mass is 336 g/mol. The maximum absolute atomic E-state index is 11.8. The van der Waals surface area contributed by atoms with Crippen LogP contribution in [0.4, 0.5) is 17.2 Å². The second-order valence-electron chi connectivity index (χ2n) is 7.28. The highest BCUT2D eigenvalue weighted by Gasteiger charge is 2.24. The Morgan fingerprint density at radius 1 is 1.20 bits per heavy atom.